The van der Waals surface area contributed by atoms with E-state index in [1.54, 1.807) is 26.0 Å². The highest BCUT2D eigenvalue weighted by molar-refractivity contribution is 7.98. The van der Waals surface area contributed by atoms with E-state index in [4.69, 9.17) is 14.7 Å². The number of nitrogens with zero attached hydrogens (tertiary/aromatic N) is 1. The molecule has 0 amide bonds. The summed E-state index contributed by atoms with van der Waals surface area (Å²) in [4.78, 5) is 0. The van der Waals surface area contributed by atoms with Crippen molar-refractivity contribution in [2.24, 2.45) is 0 Å². The first kappa shape index (κ1) is 12.7. The molecule has 0 heterocycles. The molecule has 0 saturated carbocycles. The normalized spacial score (nSPS) is 9.56. The van der Waals surface area contributed by atoms with Crippen LogP contribution >= 0.6 is 11.8 Å². The third-order valence-electron chi connectivity index (χ3n) is 2.07. The number of thioether (sulfide) groups is 1. The zero-order valence-corrected chi connectivity index (χ0v) is 10.3. The molecule has 0 spiro atoms. The Labute approximate surface area is 100 Å². The quantitative estimate of drug-likeness (QED) is 0.713. The highest BCUT2D eigenvalue weighted by Gasteiger charge is 2.04. The lowest BCUT2D eigenvalue weighted by Crippen LogP contribution is -1.92. The van der Waals surface area contributed by atoms with Gasteiger partial charge in [-0.2, -0.15) is 17.0 Å². The van der Waals surface area contributed by atoms with E-state index < -0.39 is 0 Å². The molecule has 86 valence electrons. The van der Waals surface area contributed by atoms with E-state index in [1.807, 2.05) is 18.2 Å². The highest BCUT2D eigenvalue weighted by atomic mass is 32.2. The number of ether oxygens (including phenoxy) is 2. The van der Waals surface area contributed by atoms with E-state index in [0.717, 1.165) is 23.0 Å². The maximum Gasteiger partial charge on any atom is 0.161 e. The van der Waals surface area contributed by atoms with Crippen molar-refractivity contribution in [1.29, 1.82) is 5.26 Å². The standard InChI is InChI=1S/C12H15NO2S/c1-14-11-5-4-10(8-12(11)15-2)9-16-7-3-6-13/h4-5,8H,3,7,9H2,1-2H3. The highest BCUT2D eigenvalue weighted by Crippen LogP contribution is 2.29. The number of rotatable bonds is 6. The molecule has 0 aliphatic carbocycles. The minimum atomic E-state index is 0.595. The van der Waals surface area contributed by atoms with E-state index >= 15 is 0 Å². The SMILES string of the molecule is COc1ccc(CSCCC#N)cc1OC. The van der Waals surface area contributed by atoms with Gasteiger partial charge in [0.25, 0.3) is 0 Å². The van der Waals surface area contributed by atoms with Gasteiger partial charge in [0.15, 0.2) is 11.5 Å². The Balaban J connectivity index is 2.58. The lowest BCUT2D eigenvalue weighted by atomic mass is 10.2. The fourth-order valence-electron chi connectivity index (χ4n) is 1.28. The number of hydrogen-bond acceptors (Lipinski definition) is 4. The molecule has 0 N–H and O–H groups in total. The Morgan fingerprint density at radius 3 is 2.62 bits per heavy atom. The van der Waals surface area contributed by atoms with Gasteiger partial charge in [0.05, 0.1) is 20.3 Å². The number of nitriles is 1. The van der Waals surface area contributed by atoms with Gasteiger partial charge in [0.2, 0.25) is 0 Å². The van der Waals surface area contributed by atoms with Crippen LogP contribution in [0.1, 0.15) is 12.0 Å². The van der Waals surface area contributed by atoms with Crippen molar-refractivity contribution in [2.45, 2.75) is 12.2 Å². The first-order valence-electron chi connectivity index (χ1n) is 4.97. The van der Waals surface area contributed by atoms with Crippen molar-refractivity contribution in [3.8, 4) is 17.6 Å². The van der Waals surface area contributed by atoms with Crippen LogP contribution in [0.2, 0.25) is 0 Å². The molecule has 0 aliphatic heterocycles. The average molecular weight is 237 g/mol. The van der Waals surface area contributed by atoms with Crippen LogP contribution < -0.4 is 9.47 Å². The summed E-state index contributed by atoms with van der Waals surface area (Å²) in [5, 5.41) is 8.41. The molecular formula is C12H15NO2S. The van der Waals surface area contributed by atoms with Gasteiger partial charge in [0, 0.05) is 17.9 Å². The van der Waals surface area contributed by atoms with Crippen LogP contribution in [0.3, 0.4) is 0 Å². The zero-order chi connectivity index (χ0) is 11.8. The predicted molar refractivity (Wildman–Crippen MR) is 65.9 cm³/mol. The predicted octanol–water partition coefficient (Wildman–Crippen LogP) is 2.85. The van der Waals surface area contributed by atoms with Crippen molar-refractivity contribution in [2.75, 3.05) is 20.0 Å². The van der Waals surface area contributed by atoms with Gasteiger partial charge in [-0.15, -0.1) is 0 Å². The topological polar surface area (TPSA) is 42.2 Å². The average Bonchev–Trinajstić information content (AvgIpc) is 2.34. The summed E-state index contributed by atoms with van der Waals surface area (Å²) in [5.41, 5.74) is 1.18. The molecule has 1 aromatic rings. The molecule has 3 nitrogen and oxygen atoms in total. The van der Waals surface area contributed by atoms with Crippen LogP contribution in [-0.2, 0) is 5.75 Å². The lowest BCUT2D eigenvalue weighted by Gasteiger charge is -2.09. The van der Waals surface area contributed by atoms with Gasteiger partial charge in [-0.25, -0.2) is 0 Å². The maximum absolute atomic E-state index is 8.41. The van der Waals surface area contributed by atoms with Gasteiger partial charge in [0.1, 0.15) is 0 Å². The molecule has 4 heteroatoms. The Hall–Kier alpha value is -1.34. The summed E-state index contributed by atoms with van der Waals surface area (Å²) in [6, 6.07) is 8.02. The van der Waals surface area contributed by atoms with E-state index in [-0.39, 0.29) is 0 Å². The second kappa shape index (κ2) is 7.02. The Bertz CT molecular complexity index is 374. The van der Waals surface area contributed by atoms with Crippen LogP contribution in [0.15, 0.2) is 18.2 Å². The van der Waals surface area contributed by atoms with Crippen molar-refractivity contribution in [3.63, 3.8) is 0 Å². The maximum atomic E-state index is 8.41. The van der Waals surface area contributed by atoms with Crippen LogP contribution in [0.25, 0.3) is 0 Å². The van der Waals surface area contributed by atoms with Gasteiger partial charge >= 0.3 is 0 Å². The number of methoxy groups -OCH3 is 2. The van der Waals surface area contributed by atoms with Crippen LogP contribution in [0, 0.1) is 11.3 Å². The van der Waals surface area contributed by atoms with E-state index in [0.29, 0.717) is 6.42 Å². The van der Waals surface area contributed by atoms with Crippen LogP contribution in [-0.4, -0.2) is 20.0 Å². The Morgan fingerprint density at radius 1 is 1.25 bits per heavy atom. The summed E-state index contributed by atoms with van der Waals surface area (Å²) in [5.74, 6) is 3.25. The number of hydrogen-bond donors (Lipinski definition) is 0. The molecule has 0 saturated heterocycles. The van der Waals surface area contributed by atoms with E-state index in [9.17, 15) is 0 Å². The van der Waals surface area contributed by atoms with Crippen molar-refractivity contribution in [1.82, 2.24) is 0 Å². The second-order valence-corrected chi connectivity index (χ2v) is 4.26. The molecule has 16 heavy (non-hydrogen) atoms. The molecule has 0 atom stereocenters. The molecule has 1 aromatic carbocycles. The lowest BCUT2D eigenvalue weighted by molar-refractivity contribution is 0.354. The molecule has 0 aliphatic rings. The fourth-order valence-corrected chi connectivity index (χ4v) is 2.07. The van der Waals surface area contributed by atoms with Crippen molar-refractivity contribution in [3.05, 3.63) is 23.8 Å². The summed E-state index contributed by atoms with van der Waals surface area (Å²) in [6.45, 7) is 0. The first-order chi connectivity index (χ1) is 7.81. The van der Waals surface area contributed by atoms with Crippen LogP contribution in [0.5, 0.6) is 11.5 Å². The smallest absolute Gasteiger partial charge is 0.161 e. The van der Waals surface area contributed by atoms with Crippen LogP contribution in [0.4, 0.5) is 0 Å². The molecule has 0 bridgehead atoms. The third-order valence-corrected chi connectivity index (χ3v) is 3.11. The number of benzene rings is 1. The Morgan fingerprint density at radius 2 is 2.00 bits per heavy atom. The molecule has 1 rings (SSSR count). The monoisotopic (exact) mass is 237 g/mol. The molecule has 0 fully saturated rings. The fraction of sp³-hybridized carbons (Fsp3) is 0.417. The molecule has 0 unspecified atom stereocenters. The molecule has 0 radical (unpaired) electrons. The van der Waals surface area contributed by atoms with E-state index in [2.05, 4.69) is 6.07 Å². The second-order valence-electron chi connectivity index (χ2n) is 3.15. The summed E-state index contributed by atoms with van der Waals surface area (Å²) in [6.07, 6.45) is 0.595. The summed E-state index contributed by atoms with van der Waals surface area (Å²) < 4.78 is 10.4. The first-order valence-corrected chi connectivity index (χ1v) is 6.13. The van der Waals surface area contributed by atoms with Crippen molar-refractivity contribution >= 4 is 11.8 Å². The summed E-state index contributed by atoms with van der Waals surface area (Å²) >= 11 is 1.74. The van der Waals surface area contributed by atoms with E-state index in [1.165, 1.54) is 5.56 Å². The Kier molecular flexibility index (Phi) is 5.58. The minimum Gasteiger partial charge on any atom is -0.493 e. The largest absolute Gasteiger partial charge is 0.493 e. The zero-order valence-electron chi connectivity index (χ0n) is 9.53. The van der Waals surface area contributed by atoms with Crippen molar-refractivity contribution < 1.29 is 9.47 Å². The van der Waals surface area contributed by atoms with Gasteiger partial charge in [-0.05, 0) is 17.7 Å². The third kappa shape index (κ3) is 3.67. The van der Waals surface area contributed by atoms with Gasteiger partial charge < -0.3 is 9.47 Å². The summed E-state index contributed by atoms with van der Waals surface area (Å²) in [7, 11) is 3.25. The molecular weight excluding hydrogens is 222 g/mol. The minimum absolute atomic E-state index is 0.595. The molecule has 0 aromatic heterocycles. The van der Waals surface area contributed by atoms with Gasteiger partial charge in [-0.1, -0.05) is 6.07 Å². The van der Waals surface area contributed by atoms with Gasteiger partial charge in [-0.3, -0.25) is 0 Å².